The van der Waals surface area contributed by atoms with Crippen molar-refractivity contribution in [2.45, 2.75) is 59.6 Å². The van der Waals surface area contributed by atoms with E-state index in [0.29, 0.717) is 31.0 Å². The topological polar surface area (TPSA) is 66.0 Å². The smallest absolute Gasteiger partial charge is 0.224 e. The lowest BCUT2D eigenvalue weighted by Gasteiger charge is -2.54. The van der Waals surface area contributed by atoms with Crippen molar-refractivity contribution < 1.29 is 9.53 Å². The Morgan fingerprint density at radius 3 is 2.62 bits per heavy atom. The minimum absolute atomic E-state index is 0.119. The number of guanidine groups is 1. The first-order chi connectivity index (χ1) is 11.5. The molecule has 0 radical (unpaired) electrons. The quantitative estimate of drug-likeness (QED) is 0.547. The Bertz CT molecular complexity index is 460. The first-order valence-electron chi connectivity index (χ1n) is 9.39. The molecule has 24 heavy (non-hydrogen) atoms. The van der Waals surface area contributed by atoms with Gasteiger partial charge in [-0.2, -0.15) is 0 Å². The summed E-state index contributed by atoms with van der Waals surface area (Å²) in [5.41, 5.74) is 0.119. The summed E-state index contributed by atoms with van der Waals surface area (Å²) in [5, 5.41) is 6.88. The van der Waals surface area contributed by atoms with Gasteiger partial charge in [-0.3, -0.25) is 9.79 Å². The standard InChI is InChI=1S/C18H34N4O2/c1-6-19-17(20-11-9-14(23)22(7-2)8-3)21-15-13-10-12-24-16(13)18(15,4)5/h13,15-16H,6-12H2,1-5H3,(H2,19,20,21). The van der Waals surface area contributed by atoms with E-state index in [2.05, 4.69) is 36.4 Å². The molecule has 1 saturated heterocycles. The molecule has 0 aromatic carbocycles. The van der Waals surface area contributed by atoms with Crippen LogP contribution in [0.25, 0.3) is 0 Å². The van der Waals surface area contributed by atoms with Crippen LogP contribution >= 0.6 is 0 Å². The van der Waals surface area contributed by atoms with E-state index in [1.54, 1.807) is 0 Å². The van der Waals surface area contributed by atoms with Crippen LogP contribution in [0.4, 0.5) is 0 Å². The highest BCUT2D eigenvalue weighted by atomic mass is 16.5. The van der Waals surface area contributed by atoms with Crippen molar-refractivity contribution in [3.63, 3.8) is 0 Å². The Morgan fingerprint density at radius 1 is 1.29 bits per heavy atom. The molecule has 0 aromatic heterocycles. The number of nitrogens with zero attached hydrogens (tertiary/aromatic N) is 2. The number of nitrogens with one attached hydrogen (secondary N) is 2. The fourth-order valence-corrected chi connectivity index (χ4v) is 4.08. The maximum absolute atomic E-state index is 12.1. The summed E-state index contributed by atoms with van der Waals surface area (Å²) in [5.74, 6) is 1.56. The van der Waals surface area contributed by atoms with Gasteiger partial charge in [0.25, 0.3) is 0 Å². The van der Waals surface area contributed by atoms with Gasteiger partial charge in [-0.15, -0.1) is 0 Å². The van der Waals surface area contributed by atoms with Gasteiger partial charge in [0.15, 0.2) is 5.96 Å². The highest BCUT2D eigenvalue weighted by molar-refractivity contribution is 5.81. The van der Waals surface area contributed by atoms with Crippen molar-refractivity contribution in [3.05, 3.63) is 0 Å². The second-order valence-corrected chi connectivity index (χ2v) is 7.26. The van der Waals surface area contributed by atoms with E-state index >= 15 is 0 Å². The van der Waals surface area contributed by atoms with E-state index in [0.717, 1.165) is 38.6 Å². The number of hydrogen-bond donors (Lipinski definition) is 2. The molecule has 3 atom stereocenters. The van der Waals surface area contributed by atoms with Crippen LogP contribution in [-0.2, 0) is 9.53 Å². The van der Waals surface area contributed by atoms with Crippen molar-refractivity contribution in [1.82, 2.24) is 15.5 Å². The van der Waals surface area contributed by atoms with E-state index in [1.165, 1.54) is 0 Å². The molecule has 2 rings (SSSR count). The van der Waals surface area contributed by atoms with Crippen molar-refractivity contribution in [1.29, 1.82) is 0 Å². The minimum atomic E-state index is 0.119. The van der Waals surface area contributed by atoms with Gasteiger partial charge in [0.05, 0.1) is 12.6 Å². The molecular formula is C18H34N4O2. The molecule has 138 valence electrons. The molecule has 2 N–H and O–H groups in total. The third kappa shape index (κ3) is 3.85. The summed E-state index contributed by atoms with van der Waals surface area (Å²) in [6.45, 7) is 14.3. The zero-order valence-corrected chi connectivity index (χ0v) is 15.9. The normalized spacial score (nSPS) is 28.0. The van der Waals surface area contributed by atoms with Crippen LogP contribution in [-0.4, -0.2) is 61.7 Å². The maximum atomic E-state index is 12.1. The molecule has 6 heteroatoms. The van der Waals surface area contributed by atoms with Crippen LogP contribution in [0.5, 0.6) is 0 Å². The van der Waals surface area contributed by atoms with Crippen LogP contribution in [0.15, 0.2) is 4.99 Å². The molecule has 1 amide bonds. The Labute approximate surface area is 146 Å². The lowest BCUT2D eigenvalue weighted by atomic mass is 9.57. The van der Waals surface area contributed by atoms with Gasteiger partial charge < -0.3 is 20.3 Å². The lowest BCUT2D eigenvalue weighted by molar-refractivity contribution is -0.130. The molecule has 0 aromatic rings. The van der Waals surface area contributed by atoms with Crippen molar-refractivity contribution in [3.8, 4) is 0 Å². The van der Waals surface area contributed by atoms with E-state index in [9.17, 15) is 4.79 Å². The second kappa shape index (κ2) is 8.19. The largest absolute Gasteiger partial charge is 0.377 e. The third-order valence-corrected chi connectivity index (χ3v) is 5.45. The van der Waals surface area contributed by atoms with Crippen LogP contribution < -0.4 is 10.6 Å². The molecule has 1 aliphatic heterocycles. The Hall–Kier alpha value is -1.30. The number of fused-ring (bicyclic) bond motifs is 1. The van der Waals surface area contributed by atoms with Crippen molar-refractivity contribution in [2.24, 2.45) is 16.3 Å². The van der Waals surface area contributed by atoms with E-state index in [4.69, 9.17) is 4.74 Å². The van der Waals surface area contributed by atoms with Crippen LogP contribution in [0.1, 0.15) is 47.5 Å². The highest BCUT2D eigenvalue weighted by Gasteiger charge is 2.59. The van der Waals surface area contributed by atoms with Crippen LogP contribution in [0.2, 0.25) is 0 Å². The molecule has 1 heterocycles. The monoisotopic (exact) mass is 338 g/mol. The number of aliphatic imine (C=N–C) groups is 1. The number of carbonyl (C=O) groups is 1. The number of carbonyl (C=O) groups excluding carboxylic acids is 1. The van der Waals surface area contributed by atoms with Gasteiger partial charge >= 0.3 is 0 Å². The van der Waals surface area contributed by atoms with Gasteiger partial charge in [0.1, 0.15) is 0 Å². The molecule has 0 bridgehead atoms. The highest BCUT2D eigenvalue weighted by Crippen LogP contribution is 2.52. The van der Waals surface area contributed by atoms with Crippen molar-refractivity contribution >= 4 is 11.9 Å². The summed E-state index contributed by atoms with van der Waals surface area (Å²) in [7, 11) is 0. The number of ether oxygens (including phenoxy) is 1. The molecule has 3 unspecified atom stereocenters. The average Bonchev–Trinajstić information content (AvgIpc) is 3.00. The molecule has 2 fully saturated rings. The summed E-state index contributed by atoms with van der Waals surface area (Å²) < 4.78 is 5.85. The Balaban J connectivity index is 1.90. The predicted molar refractivity (Wildman–Crippen MR) is 97.1 cm³/mol. The molecule has 1 saturated carbocycles. The van der Waals surface area contributed by atoms with Gasteiger partial charge in [0.2, 0.25) is 5.91 Å². The first kappa shape index (κ1) is 19.0. The number of rotatable bonds is 7. The van der Waals surface area contributed by atoms with Gasteiger partial charge in [-0.25, -0.2) is 0 Å². The SMILES string of the molecule is CCNC(=NCCC(=O)N(CC)CC)NC1C2CCOC2C1(C)C. The summed E-state index contributed by atoms with van der Waals surface area (Å²) in [4.78, 5) is 18.6. The van der Waals surface area contributed by atoms with Crippen molar-refractivity contribution in [2.75, 3.05) is 32.8 Å². The van der Waals surface area contributed by atoms with E-state index < -0.39 is 0 Å². The molecule has 2 aliphatic rings. The number of amides is 1. The predicted octanol–water partition coefficient (Wildman–Crippen LogP) is 1.61. The maximum Gasteiger partial charge on any atom is 0.224 e. The lowest BCUT2D eigenvalue weighted by Crippen LogP contribution is -2.68. The third-order valence-electron chi connectivity index (χ3n) is 5.45. The minimum Gasteiger partial charge on any atom is -0.377 e. The molecule has 6 nitrogen and oxygen atoms in total. The van der Waals surface area contributed by atoms with Crippen LogP contribution in [0, 0.1) is 11.3 Å². The van der Waals surface area contributed by atoms with E-state index in [-0.39, 0.29) is 11.3 Å². The van der Waals surface area contributed by atoms with Crippen LogP contribution in [0.3, 0.4) is 0 Å². The second-order valence-electron chi connectivity index (χ2n) is 7.26. The Morgan fingerprint density at radius 2 is 2.00 bits per heavy atom. The zero-order valence-electron chi connectivity index (χ0n) is 15.9. The fourth-order valence-electron chi connectivity index (χ4n) is 4.08. The number of hydrogen-bond acceptors (Lipinski definition) is 3. The van der Waals surface area contributed by atoms with Gasteiger partial charge in [-0.1, -0.05) is 13.8 Å². The Kier molecular flexibility index (Phi) is 6.49. The summed E-state index contributed by atoms with van der Waals surface area (Å²) in [6.07, 6.45) is 1.94. The molecular weight excluding hydrogens is 304 g/mol. The summed E-state index contributed by atoms with van der Waals surface area (Å²) in [6, 6.07) is 0.376. The zero-order chi connectivity index (χ0) is 17.7. The van der Waals surface area contributed by atoms with Gasteiger partial charge in [-0.05, 0) is 27.2 Å². The fraction of sp³-hybridized carbons (Fsp3) is 0.889. The first-order valence-corrected chi connectivity index (χ1v) is 9.39. The van der Waals surface area contributed by atoms with E-state index in [1.807, 2.05) is 18.7 Å². The summed E-state index contributed by atoms with van der Waals surface area (Å²) >= 11 is 0. The average molecular weight is 338 g/mol. The molecule has 0 spiro atoms. The molecule has 1 aliphatic carbocycles. The van der Waals surface area contributed by atoms with Gasteiger partial charge in [0, 0.05) is 50.0 Å².